The van der Waals surface area contributed by atoms with Gasteiger partial charge in [0.2, 0.25) is 0 Å². The third-order valence-corrected chi connectivity index (χ3v) is 15.7. The topological polar surface area (TPSA) is 8.17 Å². The molecule has 14 rings (SSSR count). The number of benzene rings is 12. The molecule has 0 N–H and O–H groups in total. The Morgan fingerprint density at radius 1 is 0.338 bits per heavy atom. The van der Waals surface area contributed by atoms with Crippen LogP contribution in [0, 0.1) is 0 Å². The Kier molecular flexibility index (Phi) is 10.3. The van der Waals surface area contributed by atoms with Gasteiger partial charge in [-0.05, 0) is 127 Å². The maximum absolute atomic E-state index is 2.49. The Bertz CT molecular complexity index is 4240. The van der Waals surface area contributed by atoms with E-state index in [0.29, 0.717) is 0 Å². The van der Waals surface area contributed by atoms with E-state index in [0.717, 1.165) is 39.4 Å². The molecule has 0 amide bonds. The number of rotatable bonds is 9. The van der Waals surface area contributed by atoms with Crippen molar-refractivity contribution in [2.75, 3.05) is 4.90 Å². The average molecular weight is 943 g/mol. The Balaban J connectivity index is 0.981. The molecule has 1 heterocycles. The van der Waals surface area contributed by atoms with Crippen molar-refractivity contribution in [2.24, 2.45) is 0 Å². The van der Waals surface area contributed by atoms with Gasteiger partial charge in [0.25, 0.3) is 0 Å². The third kappa shape index (κ3) is 6.87. The van der Waals surface area contributed by atoms with Crippen molar-refractivity contribution in [2.45, 2.75) is 12.3 Å². The molecule has 0 bridgehead atoms. The first-order chi connectivity index (χ1) is 36.6. The summed E-state index contributed by atoms with van der Waals surface area (Å²) in [6.07, 6.45) is 0. The fourth-order valence-corrected chi connectivity index (χ4v) is 12.3. The fraction of sp³-hybridized carbons (Fsp3) is 0.0278. The van der Waals surface area contributed by atoms with Crippen LogP contribution in [0.1, 0.15) is 23.6 Å². The normalized spacial score (nSPS) is 13.8. The van der Waals surface area contributed by atoms with Crippen molar-refractivity contribution in [1.29, 1.82) is 0 Å². The second-order valence-corrected chi connectivity index (χ2v) is 19.7. The SMILES string of the molecule is CC1(c2ccccc2)c2ccccc2-c2c(-c3ccc(N(c4ccccc4-c4ccc5c6ccccc6n(-c6ccccc6)c5c4)c4ccccc4-c4cccc5cccc(-c6ccccc6)c45)cc3)cccc21. The van der Waals surface area contributed by atoms with Crippen LogP contribution in [-0.4, -0.2) is 4.57 Å². The molecule has 1 aliphatic carbocycles. The van der Waals surface area contributed by atoms with Crippen LogP contribution in [0.25, 0.3) is 93.9 Å². The van der Waals surface area contributed by atoms with Gasteiger partial charge in [0.1, 0.15) is 0 Å². The van der Waals surface area contributed by atoms with Gasteiger partial charge < -0.3 is 9.47 Å². The van der Waals surface area contributed by atoms with Crippen LogP contribution in [-0.2, 0) is 5.41 Å². The predicted octanol–water partition coefficient (Wildman–Crippen LogP) is 19.4. The van der Waals surface area contributed by atoms with Crippen LogP contribution >= 0.6 is 0 Å². The number of nitrogens with zero attached hydrogens (tertiary/aromatic N) is 2. The molecule has 0 aliphatic heterocycles. The standard InChI is InChI=1S/C72H50N2/c1-72(53-26-7-3-8-27-53)64-37-15-11-33-63(64)71-58(35-21-38-65(71)72)50-42-45-55(46-43-50)73(68-41-18-14-32-60(68)62-36-20-25-51-24-19-34-57(70(51)62)49-22-5-2-6-23-49)66-39-16-12-30-56(66)52-44-47-61-59-31-13-17-40-67(59)74(69(61)48-52)54-28-9-4-10-29-54/h2-48H,1H3. The van der Waals surface area contributed by atoms with E-state index < -0.39 is 0 Å². The summed E-state index contributed by atoms with van der Waals surface area (Å²) in [5.74, 6) is 0. The lowest BCUT2D eigenvalue weighted by Crippen LogP contribution is -2.22. The molecule has 13 aromatic rings. The summed E-state index contributed by atoms with van der Waals surface area (Å²) in [4.78, 5) is 2.49. The van der Waals surface area contributed by atoms with Crippen molar-refractivity contribution in [1.82, 2.24) is 4.57 Å². The molecule has 1 aliphatic rings. The molecule has 2 heteroatoms. The van der Waals surface area contributed by atoms with Gasteiger partial charge in [-0.25, -0.2) is 0 Å². The quantitative estimate of drug-likeness (QED) is 0.140. The molecule has 0 spiro atoms. The Labute approximate surface area is 432 Å². The van der Waals surface area contributed by atoms with Crippen molar-refractivity contribution in [3.63, 3.8) is 0 Å². The molecule has 12 aromatic carbocycles. The van der Waals surface area contributed by atoms with Crippen LogP contribution in [0.2, 0.25) is 0 Å². The highest BCUT2D eigenvalue weighted by Gasteiger charge is 2.41. The molecular weight excluding hydrogens is 893 g/mol. The second-order valence-electron chi connectivity index (χ2n) is 19.7. The van der Waals surface area contributed by atoms with Gasteiger partial charge in [-0.3, -0.25) is 0 Å². The third-order valence-electron chi connectivity index (χ3n) is 15.7. The summed E-state index contributed by atoms with van der Waals surface area (Å²) in [5, 5.41) is 4.91. The van der Waals surface area contributed by atoms with Crippen molar-refractivity contribution >= 4 is 49.6 Å². The molecule has 0 saturated carbocycles. The predicted molar refractivity (Wildman–Crippen MR) is 312 cm³/mol. The van der Waals surface area contributed by atoms with Gasteiger partial charge in [-0.1, -0.05) is 237 Å². The van der Waals surface area contributed by atoms with E-state index in [-0.39, 0.29) is 5.41 Å². The molecule has 0 fully saturated rings. The van der Waals surface area contributed by atoms with Crippen molar-refractivity contribution in [3.8, 4) is 61.3 Å². The minimum Gasteiger partial charge on any atom is -0.309 e. The van der Waals surface area contributed by atoms with E-state index in [1.807, 2.05) is 0 Å². The van der Waals surface area contributed by atoms with Gasteiger partial charge in [-0.2, -0.15) is 0 Å². The van der Waals surface area contributed by atoms with Gasteiger partial charge in [-0.15, -0.1) is 0 Å². The maximum atomic E-state index is 2.49. The number of fused-ring (bicyclic) bond motifs is 7. The van der Waals surface area contributed by atoms with Crippen LogP contribution < -0.4 is 4.90 Å². The molecule has 0 saturated heterocycles. The van der Waals surface area contributed by atoms with Gasteiger partial charge >= 0.3 is 0 Å². The summed E-state index contributed by atoms with van der Waals surface area (Å²) in [5.41, 5.74) is 22.5. The molecule has 1 unspecified atom stereocenters. The Morgan fingerprint density at radius 3 is 1.64 bits per heavy atom. The summed E-state index contributed by atoms with van der Waals surface area (Å²) in [7, 11) is 0. The lowest BCUT2D eigenvalue weighted by Gasteiger charge is -2.30. The maximum Gasteiger partial charge on any atom is 0.0547 e. The van der Waals surface area contributed by atoms with Crippen molar-refractivity contribution in [3.05, 3.63) is 302 Å². The summed E-state index contributed by atoms with van der Waals surface area (Å²) < 4.78 is 2.41. The molecule has 74 heavy (non-hydrogen) atoms. The second kappa shape index (κ2) is 17.7. The summed E-state index contributed by atoms with van der Waals surface area (Å²) in [6, 6.07) is 105. The first-order valence-electron chi connectivity index (χ1n) is 25.7. The highest BCUT2D eigenvalue weighted by molar-refractivity contribution is 6.12. The van der Waals surface area contributed by atoms with E-state index in [1.165, 1.54) is 88.2 Å². The van der Waals surface area contributed by atoms with E-state index in [4.69, 9.17) is 0 Å². The lowest BCUT2D eigenvalue weighted by atomic mass is 9.74. The minimum atomic E-state index is -0.284. The van der Waals surface area contributed by atoms with Crippen LogP contribution in [0.4, 0.5) is 17.1 Å². The monoisotopic (exact) mass is 942 g/mol. The Hall–Kier alpha value is -9.50. The first kappa shape index (κ1) is 43.3. The zero-order valence-electron chi connectivity index (χ0n) is 41.0. The fourth-order valence-electron chi connectivity index (χ4n) is 12.3. The average Bonchev–Trinajstić information content (AvgIpc) is 3.95. The Morgan fingerprint density at radius 2 is 0.865 bits per heavy atom. The van der Waals surface area contributed by atoms with Gasteiger partial charge in [0, 0.05) is 38.7 Å². The van der Waals surface area contributed by atoms with Crippen LogP contribution in [0.5, 0.6) is 0 Å². The molecule has 348 valence electrons. The number of anilines is 3. The zero-order valence-corrected chi connectivity index (χ0v) is 41.0. The van der Waals surface area contributed by atoms with Gasteiger partial charge in [0.05, 0.1) is 22.4 Å². The smallest absolute Gasteiger partial charge is 0.0547 e. The number of para-hydroxylation sites is 4. The van der Waals surface area contributed by atoms with E-state index >= 15 is 0 Å². The number of hydrogen-bond acceptors (Lipinski definition) is 1. The highest BCUT2D eigenvalue weighted by atomic mass is 15.1. The largest absolute Gasteiger partial charge is 0.309 e. The first-order valence-corrected chi connectivity index (χ1v) is 25.7. The van der Waals surface area contributed by atoms with Crippen LogP contribution in [0.3, 0.4) is 0 Å². The molecule has 1 aromatic heterocycles. The summed E-state index contributed by atoms with van der Waals surface area (Å²) >= 11 is 0. The lowest BCUT2D eigenvalue weighted by molar-refractivity contribution is 0.714. The molecule has 2 nitrogen and oxygen atoms in total. The number of aromatic nitrogens is 1. The van der Waals surface area contributed by atoms with Crippen LogP contribution in [0.15, 0.2) is 285 Å². The minimum absolute atomic E-state index is 0.284. The van der Waals surface area contributed by atoms with E-state index in [2.05, 4.69) is 302 Å². The zero-order chi connectivity index (χ0) is 49.2. The highest BCUT2D eigenvalue weighted by Crippen LogP contribution is 2.55. The molecular formula is C72H50N2. The molecule has 1 atom stereocenters. The van der Waals surface area contributed by atoms with Crippen molar-refractivity contribution < 1.29 is 0 Å². The van der Waals surface area contributed by atoms with E-state index in [1.54, 1.807) is 0 Å². The van der Waals surface area contributed by atoms with E-state index in [9.17, 15) is 0 Å². The molecule has 0 radical (unpaired) electrons. The summed E-state index contributed by atoms with van der Waals surface area (Å²) in [6.45, 7) is 2.39. The van der Waals surface area contributed by atoms with Gasteiger partial charge in [0.15, 0.2) is 0 Å². The number of hydrogen-bond donors (Lipinski definition) is 0.